The molecule has 0 aliphatic rings. The van der Waals surface area contributed by atoms with Crippen LogP contribution in [0.5, 0.6) is 0 Å². The first kappa shape index (κ1) is 17.2. The van der Waals surface area contributed by atoms with Crippen LogP contribution in [0.25, 0.3) is 5.69 Å². The maximum Gasteiger partial charge on any atom is 0.321 e. The van der Waals surface area contributed by atoms with E-state index in [-0.39, 0.29) is 17.2 Å². The minimum atomic E-state index is -3.95. The Balaban J connectivity index is 2.23. The van der Waals surface area contributed by atoms with Crippen LogP contribution in [0.15, 0.2) is 47.6 Å². The number of hydrogen-bond acceptors (Lipinski definition) is 4. The van der Waals surface area contributed by atoms with Gasteiger partial charge < -0.3 is 5.11 Å². The average Bonchev–Trinajstić information content (AvgIpc) is 2.97. The Kier molecular flexibility index (Phi) is 5.17. The van der Waals surface area contributed by atoms with Crippen LogP contribution in [0.1, 0.15) is 20.3 Å². The molecular weight excluding hydrogens is 318 g/mol. The molecule has 0 saturated heterocycles. The summed E-state index contributed by atoms with van der Waals surface area (Å²) in [5.41, 5.74) is 0.714. The van der Waals surface area contributed by atoms with Crippen LogP contribution in [-0.2, 0) is 14.8 Å². The van der Waals surface area contributed by atoms with Gasteiger partial charge in [0.2, 0.25) is 10.0 Å². The van der Waals surface area contributed by atoms with Crippen molar-refractivity contribution in [2.75, 3.05) is 0 Å². The van der Waals surface area contributed by atoms with Crippen molar-refractivity contribution in [3.8, 4) is 5.69 Å². The van der Waals surface area contributed by atoms with Crippen LogP contribution in [0.2, 0.25) is 0 Å². The van der Waals surface area contributed by atoms with E-state index in [1.807, 2.05) is 32.0 Å². The van der Waals surface area contributed by atoms with Gasteiger partial charge in [0.1, 0.15) is 10.9 Å². The van der Waals surface area contributed by atoms with Crippen molar-refractivity contribution < 1.29 is 18.3 Å². The van der Waals surface area contributed by atoms with Gasteiger partial charge in [-0.3, -0.25) is 4.79 Å². The highest BCUT2D eigenvalue weighted by molar-refractivity contribution is 7.89. The van der Waals surface area contributed by atoms with Crippen LogP contribution in [0, 0.1) is 5.92 Å². The van der Waals surface area contributed by atoms with Crippen molar-refractivity contribution >= 4 is 16.0 Å². The zero-order chi connectivity index (χ0) is 17.0. The minimum Gasteiger partial charge on any atom is -0.480 e. The van der Waals surface area contributed by atoms with Gasteiger partial charge in [-0.25, -0.2) is 13.1 Å². The van der Waals surface area contributed by atoms with Gasteiger partial charge in [0.15, 0.2) is 0 Å². The SMILES string of the molecule is CC(C)C[C@@H](NS(=O)(=O)c1cnn(-c2ccccc2)c1)C(=O)O. The summed E-state index contributed by atoms with van der Waals surface area (Å²) in [5, 5.41) is 13.2. The number of benzene rings is 1. The highest BCUT2D eigenvalue weighted by Gasteiger charge is 2.27. The van der Waals surface area contributed by atoms with E-state index >= 15 is 0 Å². The van der Waals surface area contributed by atoms with Crippen molar-refractivity contribution in [1.29, 1.82) is 0 Å². The van der Waals surface area contributed by atoms with Crippen LogP contribution in [0.3, 0.4) is 0 Å². The van der Waals surface area contributed by atoms with Gasteiger partial charge in [0.25, 0.3) is 0 Å². The standard InChI is InChI=1S/C15H19N3O4S/c1-11(2)8-14(15(19)20)17-23(21,22)13-9-16-18(10-13)12-6-4-3-5-7-12/h3-7,9-11,14,17H,8H2,1-2H3,(H,19,20)/t14-/m1/s1. The van der Waals surface area contributed by atoms with E-state index < -0.39 is 22.0 Å². The number of nitrogens with one attached hydrogen (secondary N) is 1. The molecule has 0 bridgehead atoms. The molecule has 1 aromatic heterocycles. The Morgan fingerprint density at radius 2 is 1.96 bits per heavy atom. The number of carboxylic acid groups (broad SMARTS) is 1. The van der Waals surface area contributed by atoms with Gasteiger partial charge in [-0.15, -0.1) is 0 Å². The number of carbonyl (C=O) groups is 1. The Labute approximate surface area is 135 Å². The van der Waals surface area contributed by atoms with Crippen LogP contribution in [0.4, 0.5) is 0 Å². The maximum atomic E-state index is 12.3. The zero-order valence-electron chi connectivity index (χ0n) is 12.9. The van der Waals surface area contributed by atoms with Crippen LogP contribution in [-0.4, -0.2) is 35.3 Å². The Morgan fingerprint density at radius 1 is 1.30 bits per heavy atom. The molecule has 23 heavy (non-hydrogen) atoms. The molecular formula is C15H19N3O4S. The van der Waals surface area contributed by atoms with E-state index in [0.29, 0.717) is 5.69 Å². The number of carboxylic acids is 1. The summed E-state index contributed by atoms with van der Waals surface area (Å²) < 4.78 is 28.3. The lowest BCUT2D eigenvalue weighted by Crippen LogP contribution is -2.41. The Hall–Kier alpha value is -2.19. The van der Waals surface area contributed by atoms with Gasteiger partial charge in [0, 0.05) is 0 Å². The molecule has 0 aliphatic heterocycles. The smallest absolute Gasteiger partial charge is 0.321 e. The van der Waals surface area contributed by atoms with Gasteiger partial charge in [-0.1, -0.05) is 32.0 Å². The molecule has 2 aromatic rings. The highest BCUT2D eigenvalue weighted by atomic mass is 32.2. The van der Waals surface area contributed by atoms with Crippen molar-refractivity contribution in [2.45, 2.75) is 31.2 Å². The summed E-state index contributed by atoms with van der Waals surface area (Å²) in [6.45, 7) is 3.66. The first-order chi connectivity index (χ1) is 10.8. The molecule has 8 heteroatoms. The van der Waals surface area contributed by atoms with Crippen molar-refractivity contribution in [3.63, 3.8) is 0 Å². The predicted octanol–water partition coefficient (Wildman–Crippen LogP) is 1.65. The molecule has 2 rings (SSSR count). The molecule has 2 N–H and O–H groups in total. The molecule has 124 valence electrons. The van der Waals surface area contributed by atoms with Crippen LogP contribution >= 0.6 is 0 Å². The fourth-order valence-corrected chi connectivity index (χ4v) is 3.23. The fourth-order valence-electron chi connectivity index (χ4n) is 2.09. The van der Waals surface area contributed by atoms with E-state index in [2.05, 4.69) is 9.82 Å². The van der Waals surface area contributed by atoms with Crippen molar-refractivity contribution in [2.24, 2.45) is 5.92 Å². The Bertz CT molecular complexity index is 769. The van der Waals surface area contributed by atoms with Gasteiger partial charge in [-0.2, -0.15) is 9.82 Å². The van der Waals surface area contributed by atoms with Crippen molar-refractivity contribution in [3.05, 3.63) is 42.7 Å². The second kappa shape index (κ2) is 6.93. The molecule has 0 aliphatic carbocycles. The number of aromatic nitrogens is 2. The average molecular weight is 337 g/mol. The third-order valence-electron chi connectivity index (χ3n) is 3.19. The van der Waals surface area contributed by atoms with Crippen LogP contribution < -0.4 is 4.72 Å². The van der Waals surface area contributed by atoms with E-state index in [1.54, 1.807) is 12.1 Å². The second-order valence-electron chi connectivity index (χ2n) is 5.60. The minimum absolute atomic E-state index is 0.0471. The Morgan fingerprint density at radius 3 is 2.52 bits per heavy atom. The lowest BCUT2D eigenvalue weighted by molar-refractivity contribution is -0.139. The van der Waals surface area contributed by atoms with Crippen molar-refractivity contribution in [1.82, 2.24) is 14.5 Å². The van der Waals surface area contributed by atoms with Gasteiger partial charge in [-0.05, 0) is 24.5 Å². The van der Waals surface area contributed by atoms with E-state index in [0.717, 1.165) is 0 Å². The monoisotopic (exact) mass is 337 g/mol. The lowest BCUT2D eigenvalue weighted by atomic mass is 10.1. The number of sulfonamides is 1. The van der Waals surface area contributed by atoms with E-state index in [4.69, 9.17) is 5.11 Å². The molecule has 0 amide bonds. The molecule has 1 aromatic carbocycles. The molecule has 0 unspecified atom stereocenters. The lowest BCUT2D eigenvalue weighted by Gasteiger charge is -2.15. The largest absolute Gasteiger partial charge is 0.480 e. The topological polar surface area (TPSA) is 101 Å². The van der Waals surface area contributed by atoms with Gasteiger partial charge >= 0.3 is 5.97 Å². The quantitative estimate of drug-likeness (QED) is 0.800. The number of aliphatic carboxylic acids is 1. The zero-order valence-corrected chi connectivity index (χ0v) is 13.7. The van der Waals surface area contributed by atoms with E-state index in [1.165, 1.54) is 17.1 Å². The van der Waals surface area contributed by atoms with E-state index in [9.17, 15) is 13.2 Å². The fraction of sp³-hybridized carbons (Fsp3) is 0.333. The maximum absolute atomic E-state index is 12.3. The molecule has 0 saturated carbocycles. The van der Waals surface area contributed by atoms with Gasteiger partial charge in [0.05, 0.1) is 18.1 Å². The number of hydrogen-bond donors (Lipinski definition) is 2. The predicted molar refractivity (Wildman–Crippen MR) is 84.8 cm³/mol. The number of nitrogens with zero attached hydrogens (tertiary/aromatic N) is 2. The molecule has 7 nitrogen and oxygen atoms in total. The summed E-state index contributed by atoms with van der Waals surface area (Å²) >= 11 is 0. The highest BCUT2D eigenvalue weighted by Crippen LogP contribution is 2.14. The molecule has 0 fully saturated rings. The first-order valence-corrected chi connectivity index (χ1v) is 8.63. The second-order valence-corrected chi connectivity index (χ2v) is 7.31. The molecule has 0 spiro atoms. The summed E-state index contributed by atoms with van der Waals surface area (Å²) in [4.78, 5) is 11.2. The molecule has 1 atom stereocenters. The third kappa shape index (κ3) is 4.40. The third-order valence-corrected chi connectivity index (χ3v) is 4.62. The number of para-hydroxylation sites is 1. The normalized spacial score (nSPS) is 13.2. The summed E-state index contributed by atoms with van der Waals surface area (Å²) in [6.07, 6.45) is 2.76. The first-order valence-electron chi connectivity index (χ1n) is 7.15. The summed E-state index contributed by atoms with van der Waals surface area (Å²) in [6, 6.07) is 7.88. The summed E-state index contributed by atoms with van der Waals surface area (Å²) in [5.74, 6) is -1.15. The number of rotatable bonds is 7. The summed E-state index contributed by atoms with van der Waals surface area (Å²) in [7, 11) is -3.95. The molecule has 0 radical (unpaired) electrons. The molecule has 1 heterocycles.